The second-order valence-corrected chi connectivity index (χ2v) is 16.7. The summed E-state index contributed by atoms with van der Waals surface area (Å²) in [6.07, 6.45) is -2.96. The van der Waals surface area contributed by atoms with E-state index < -0.39 is 39.0 Å². The Morgan fingerprint density at radius 3 is 1.77 bits per heavy atom. The summed E-state index contributed by atoms with van der Waals surface area (Å²) in [5.41, 5.74) is 3.11. The molecule has 39 heavy (non-hydrogen) atoms. The third-order valence-corrected chi connectivity index (χ3v) is 14.0. The van der Waals surface area contributed by atoms with Gasteiger partial charge in [-0.2, -0.15) is 0 Å². The highest BCUT2D eigenvalue weighted by Gasteiger charge is 2.54. The Hall–Kier alpha value is -1.78. The fourth-order valence-corrected chi connectivity index (χ4v) is 11.6. The topological polar surface area (TPSA) is 75.6 Å². The standard InChI is InChI=1S/C31H48O7Si/c1-21(2)39(22(3)4,23(5)6)38-30-29(36-19-24-12-10-9-11-13-24)28(27(18-32)37-31(30)34-8)35-20-25-14-16-26(33-7)17-15-25/h9-17,21-23,27-32H,18-20H2,1-8H3/t27-,28-,29+,30+,31-/m1/s1. The summed E-state index contributed by atoms with van der Waals surface area (Å²) >= 11 is 0. The molecule has 0 bridgehead atoms. The summed E-state index contributed by atoms with van der Waals surface area (Å²) < 4.78 is 37.9. The molecule has 1 saturated heterocycles. The second kappa shape index (κ2) is 14.7. The number of hydrogen-bond donors (Lipinski definition) is 1. The maximum absolute atomic E-state index is 10.4. The number of rotatable bonds is 14. The normalized spacial score (nSPS) is 24.1. The number of benzene rings is 2. The van der Waals surface area contributed by atoms with Gasteiger partial charge < -0.3 is 33.2 Å². The first-order valence-corrected chi connectivity index (χ1v) is 16.2. The largest absolute Gasteiger partial charge is 0.497 e. The average molecular weight is 561 g/mol. The Morgan fingerprint density at radius 1 is 0.744 bits per heavy atom. The van der Waals surface area contributed by atoms with Crippen LogP contribution in [0.5, 0.6) is 5.75 Å². The summed E-state index contributed by atoms with van der Waals surface area (Å²) in [6.45, 7) is 14.0. The molecule has 0 saturated carbocycles. The van der Waals surface area contributed by atoms with Gasteiger partial charge in [-0.15, -0.1) is 0 Å². The van der Waals surface area contributed by atoms with Crippen molar-refractivity contribution in [3.63, 3.8) is 0 Å². The number of ether oxygens (including phenoxy) is 5. The molecule has 1 fully saturated rings. The molecule has 3 rings (SSSR count). The van der Waals surface area contributed by atoms with Crippen LogP contribution in [0.1, 0.15) is 52.7 Å². The number of aliphatic hydroxyl groups excluding tert-OH is 1. The van der Waals surface area contributed by atoms with Gasteiger partial charge in [0.15, 0.2) is 6.29 Å². The van der Waals surface area contributed by atoms with Crippen LogP contribution < -0.4 is 4.74 Å². The van der Waals surface area contributed by atoms with Gasteiger partial charge >= 0.3 is 0 Å². The van der Waals surface area contributed by atoms with Crippen LogP contribution in [0.2, 0.25) is 16.6 Å². The minimum absolute atomic E-state index is 0.230. The van der Waals surface area contributed by atoms with Crippen LogP contribution in [0.25, 0.3) is 0 Å². The average Bonchev–Trinajstić information content (AvgIpc) is 2.93. The lowest BCUT2D eigenvalue weighted by Gasteiger charge is -2.51. The summed E-state index contributed by atoms with van der Waals surface area (Å²) in [4.78, 5) is 0. The number of hydrogen-bond acceptors (Lipinski definition) is 7. The van der Waals surface area contributed by atoms with Gasteiger partial charge in [0.25, 0.3) is 0 Å². The van der Waals surface area contributed by atoms with Gasteiger partial charge in [0, 0.05) is 7.11 Å². The summed E-state index contributed by atoms with van der Waals surface area (Å²) in [6, 6.07) is 17.8. The fourth-order valence-electron chi connectivity index (χ4n) is 6.06. The van der Waals surface area contributed by atoms with E-state index in [4.69, 9.17) is 28.1 Å². The van der Waals surface area contributed by atoms with Gasteiger partial charge in [0.05, 0.1) is 26.9 Å². The van der Waals surface area contributed by atoms with E-state index in [-0.39, 0.29) is 6.61 Å². The lowest BCUT2D eigenvalue weighted by Crippen LogP contribution is -2.65. The fraction of sp³-hybridized carbons (Fsp3) is 0.613. The van der Waals surface area contributed by atoms with Crippen molar-refractivity contribution in [2.45, 2.75) is 102 Å². The van der Waals surface area contributed by atoms with Crippen molar-refractivity contribution in [3.8, 4) is 5.75 Å². The van der Waals surface area contributed by atoms with Crippen LogP contribution in [-0.4, -0.2) is 65.0 Å². The van der Waals surface area contributed by atoms with Crippen LogP contribution in [-0.2, 0) is 36.6 Å². The minimum Gasteiger partial charge on any atom is -0.497 e. The van der Waals surface area contributed by atoms with Crippen molar-refractivity contribution in [1.82, 2.24) is 0 Å². The number of aliphatic hydroxyl groups is 1. The predicted octanol–water partition coefficient (Wildman–Crippen LogP) is 6.09. The molecule has 0 unspecified atom stereocenters. The molecule has 8 heteroatoms. The SMILES string of the molecule is COc1ccc(CO[C@H]2[C@H](OCc3ccccc3)[C@H](O[Si](C(C)C)(C(C)C)C(C)C)[C@H](OC)O[C@@H]2CO)cc1. The minimum atomic E-state index is -2.35. The van der Waals surface area contributed by atoms with Crippen LogP contribution in [0.4, 0.5) is 0 Å². The monoisotopic (exact) mass is 560 g/mol. The Labute approximate surface area is 235 Å². The third-order valence-electron chi connectivity index (χ3n) is 7.94. The first kappa shape index (κ1) is 31.7. The van der Waals surface area contributed by atoms with Crippen molar-refractivity contribution in [1.29, 1.82) is 0 Å². The summed E-state index contributed by atoms with van der Waals surface area (Å²) in [5, 5.41) is 10.4. The van der Waals surface area contributed by atoms with E-state index in [9.17, 15) is 5.11 Å². The van der Waals surface area contributed by atoms with Gasteiger partial charge in [0.2, 0.25) is 8.32 Å². The van der Waals surface area contributed by atoms with Crippen molar-refractivity contribution >= 4 is 8.32 Å². The molecule has 2 aromatic carbocycles. The highest BCUT2D eigenvalue weighted by Crippen LogP contribution is 2.45. The number of methoxy groups -OCH3 is 2. The van der Waals surface area contributed by atoms with Crippen molar-refractivity contribution in [2.24, 2.45) is 0 Å². The Bertz CT molecular complexity index is 945. The Morgan fingerprint density at radius 2 is 1.28 bits per heavy atom. The molecular formula is C31H48O7Si. The molecular weight excluding hydrogens is 512 g/mol. The Kier molecular flexibility index (Phi) is 12.0. The zero-order valence-corrected chi connectivity index (χ0v) is 25.8. The van der Waals surface area contributed by atoms with Crippen molar-refractivity contribution < 1.29 is 33.2 Å². The van der Waals surface area contributed by atoms with Crippen LogP contribution in [0, 0.1) is 0 Å². The zero-order chi connectivity index (χ0) is 28.6. The maximum Gasteiger partial charge on any atom is 0.201 e. The highest BCUT2D eigenvalue weighted by molar-refractivity contribution is 6.77. The van der Waals surface area contributed by atoms with E-state index in [0.717, 1.165) is 16.9 Å². The molecule has 0 aromatic heterocycles. The molecule has 1 aliphatic rings. The van der Waals surface area contributed by atoms with Gasteiger partial charge in [-0.05, 0) is 39.9 Å². The maximum atomic E-state index is 10.4. The van der Waals surface area contributed by atoms with Crippen LogP contribution in [0.15, 0.2) is 54.6 Å². The first-order chi connectivity index (χ1) is 18.7. The van der Waals surface area contributed by atoms with Gasteiger partial charge in [-0.25, -0.2) is 0 Å². The molecule has 1 aliphatic heterocycles. The molecule has 218 valence electrons. The molecule has 1 N–H and O–H groups in total. The summed E-state index contributed by atoms with van der Waals surface area (Å²) in [5.74, 6) is 0.783. The van der Waals surface area contributed by atoms with Crippen LogP contribution >= 0.6 is 0 Å². The van der Waals surface area contributed by atoms with E-state index in [1.54, 1.807) is 14.2 Å². The summed E-state index contributed by atoms with van der Waals surface area (Å²) in [7, 11) is 0.908. The van der Waals surface area contributed by atoms with Crippen LogP contribution in [0.3, 0.4) is 0 Å². The molecule has 0 amide bonds. The molecule has 2 aromatic rings. The van der Waals surface area contributed by atoms with Gasteiger partial charge in [-0.3, -0.25) is 0 Å². The zero-order valence-electron chi connectivity index (χ0n) is 24.8. The molecule has 7 nitrogen and oxygen atoms in total. The van der Waals surface area contributed by atoms with Crippen molar-refractivity contribution in [3.05, 3.63) is 65.7 Å². The smallest absolute Gasteiger partial charge is 0.201 e. The van der Waals surface area contributed by atoms with E-state index in [2.05, 4.69) is 41.5 Å². The predicted molar refractivity (Wildman–Crippen MR) is 155 cm³/mol. The van der Waals surface area contributed by atoms with E-state index in [1.165, 1.54) is 0 Å². The van der Waals surface area contributed by atoms with E-state index in [0.29, 0.717) is 29.8 Å². The highest BCUT2D eigenvalue weighted by atomic mass is 28.4. The van der Waals surface area contributed by atoms with E-state index in [1.807, 2.05) is 54.6 Å². The quantitative estimate of drug-likeness (QED) is 0.280. The van der Waals surface area contributed by atoms with Gasteiger partial charge in [0.1, 0.15) is 30.2 Å². The third kappa shape index (κ3) is 7.49. The first-order valence-electron chi connectivity index (χ1n) is 14.0. The second-order valence-electron chi connectivity index (χ2n) is 11.2. The van der Waals surface area contributed by atoms with E-state index >= 15 is 0 Å². The van der Waals surface area contributed by atoms with Gasteiger partial charge in [-0.1, -0.05) is 84.0 Å². The molecule has 0 spiro atoms. The molecule has 5 atom stereocenters. The van der Waals surface area contributed by atoms with Crippen molar-refractivity contribution in [2.75, 3.05) is 20.8 Å². The lowest BCUT2D eigenvalue weighted by atomic mass is 9.98. The molecule has 0 radical (unpaired) electrons. The molecule has 1 heterocycles. The molecule has 0 aliphatic carbocycles. The Balaban J connectivity index is 1.98. The lowest BCUT2D eigenvalue weighted by molar-refractivity contribution is -0.308.